The number of carboxylic acids is 1. The van der Waals surface area contributed by atoms with E-state index in [2.05, 4.69) is 25.0 Å². The first-order valence-corrected chi connectivity index (χ1v) is 18.2. The van der Waals surface area contributed by atoms with Crippen LogP contribution in [0.1, 0.15) is 13.3 Å². The first-order chi connectivity index (χ1) is 21.0. The molecule has 11 atom stereocenters. The molecule has 45 heavy (non-hydrogen) atoms. The second kappa shape index (κ2) is 15.4. The molecule has 2 heterocycles. The van der Waals surface area contributed by atoms with E-state index in [1.807, 2.05) is 0 Å². The van der Waals surface area contributed by atoms with E-state index in [0.717, 1.165) is 13.0 Å². The van der Waals surface area contributed by atoms with Gasteiger partial charge >= 0.3 is 5.97 Å². The van der Waals surface area contributed by atoms with Crippen LogP contribution in [0.5, 0.6) is 11.5 Å². The lowest BCUT2D eigenvalue weighted by Crippen LogP contribution is -2.68. The number of carboxylic acid groups (broad SMARTS) is 1. The number of aliphatic hydroxyl groups excluding tert-OH is 7. The Morgan fingerprint density at radius 2 is 1.67 bits per heavy atom. The molecular weight excluding hydrogens is 618 g/mol. The third-order valence-electron chi connectivity index (χ3n) is 7.53. The number of ether oxygens (including phenoxy) is 5. The standard InChI is InChI=1S/C28H45NO15Si/c1-14(31)29-20-17(32)11-28(27(38)39,44-25(20)21(34)18(33)12-30)41-13-19-22(35)23(36)24(37)26(43-19)42-16-7-5-15(6-8-16)40-9-10-45(2,3)4/h5-8,17-26,30,32-37H,9-13H2,1-4H3,(H,29,31)(H,38,39)/t17-,18+,19+,20+,21+,22-,23-,24+,25+,26+,28+/m0/s1. The minimum Gasteiger partial charge on any atom is -0.494 e. The molecule has 17 heteroatoms. The number of amides is 1. The summed E-state index contributed by atoms with van der Waals surface area (Å²) in [6.07, 6.45) is -16.4. The maximum Gasteiger partial charge on any atom is 0.364 e. The van der Waals surface area contributed by atoms with Crippen LogP contribution in [-0.4, -0.2) is 148 Å². The Bertz CT molecular complexity index is 1120. The molecule has 0 spiro atoms. The van der Waals surface area contributed by atoms with Crippen molar-refractivity contribution in [2.24, 2.45) is 0 Å². The van der Waals surface area contributed by atoms with Gasteiger partial charge in [-0.25, -0.2) is 4.79 Å². The van der Waals surface area contributed by atoms with Crippen molar-refractivity contribution >= 4 is 20.0 Å². The van der Waals surface area contributed by atoms with E-state index >= 15 is 0 Å². The van der Waals surface area contributed by atoms with Gasteiger partial charge in [0, 0.05) is 21.4 Å². The van der Waals surface area contributed by atoms with Crippen molar-refractivity contribution in [3.63, 3.8) is 0 Å². The van der Waals surface area contributed by atoms with Crippen LogP contribution in [0.25, 0.3) is 0 Å². The molecule has 2 fully saturated rings. The zero-order valence-electron chi connectivity index (χ0n) is 25.6. The van der Waals surface area contributed by atoms with Crippen LogP contribution in [0.15, 0.2) is 24.3 Å². The number of carbonyl (C=O) groups is 2. The van der Waals surface area contributed by atoms with E-state index < -0.39 is 107 Å². The van der Waals surface area contributed by atoms with Crippen molar-refractivity contribution < 1.29 is 74.1 Å². The van der Waals surface area contributed by atoms with Crippen molar-refractivity contribution in [1.82, 2.24) is 5.32 Å². The number of nitrogens with one attached hydrogen (secondary N) is 1. The first-order valence-electron chi connectivity index (χ1n) is 14.5. The van der Waals surface area contributed by atoms with Gasteiger partial charge in [0.25, 0.3) is 5.79 Å². The summed E-state index contributed by atoms with van der Waals surface area (Å²) in [6.45, 7) is 6.61. The summed E-state index contributed by atoms with van der Waals surface area (Å²) >= 11 is 0. The topological polar surface area (TPSA) is 254 Å². The number of hydrogen-bond donors (Lipinski definition) is 9. The predicted octanol–water partition coefficient (Wildman–Crippen LogP) is -2.24. The molecule has 1 aromatic rings. The van der Waals surface area contributed by atoms with Crippen molar-refractivity contribution in [1.29, 1.82) is 0 Å². The molecule has 0 aromatic heterocycles. The Labute approximate surface area is 261 Å². The Morgan fingerprint density at radius 1 is 1.04 bits per heavy atom. The van der Waals surface area contributed by atoms with Crippen molar-refractivity contribution in [2.75, 3.05) is 19.8 Å². The monoisotopic (exact) mass is 663 g/mol. The van der Waals surface area contributed by atoms with Gasteiger partial charge in [0.15, 0.2) is 0 Å². The molecule has 0 unspecified atom stereocenters. The minimum atomic E-state index is -2.71. The van der Waals surface area contributed by atoms with Crippen LogP contribution in [0.4, 0.5) is 0 Å². The molecule has 2 aliphatic rings. The van der Waals surface area contributed by atoms with Gasteiger partial charge in [-0.1, -0.05) is 19.6 Å². The summed E-state index contributed by atoms with van der Waals surface area (Å²) in [5.41, 5.74) is 0. The van der Waals surface area contributed by atoms with Crippen LogP contribution >= 0.6 is 0 Å². The molecule has 9 N–H and O–H groups in total. The molecular formula is C28H45NO15Si. The molecule has 256 valence electrons. The summed E-state index contributed by atoms with van der Waals surface area (Å²) in [5.74, 6) is -4.32. The Kier molecular flexibility index (Phi) is 12.7. The van der Waals surface area contributed by atoms with Crippen molar-refractivity contribution in [2.45, 2.75) is 106 Å². The average molecular weight is 664 g/mol. The number of aliphatic hydroxyl groups is 7. The van der Waals surface area contributed by atoms with Crippen LogP contribution in [0.2, 0.25) is 25.7 Å². The van der Waals surface area contributed by atoms with E-state index in [4.69, 9.17) is 23.7 Å². The van der Waals surface area contributed by atoms with Gasteiger partial charge in [0.1, 0.15) is 54.2 Å². The number of hydrogen-bond acceptors (Lipinski definition) is 14. The summed E-state index contributed by atoms with van der Waals surface area (Å²) in [7, 11) is -1.28. The van der Waals surface area contributed by atoms with E-state index in [-0.39, 0.29) is 5.75 Å². The van der Waals surface area contributed by atoms with Gasteiger partial charge in [-0.05, 0) is 30.3 Å². The van der Waals surface area contributed by atoms with Gasteiger partial charge in [-0.3, -0.25) is 4.79 Å². The highest BCUT2D eigenvalue weighted by Gasteiger charge is 2.56. The van der Waals surface area contributed by atoms with Gasteiger partial charge in [-0.15, -0.1) is 0 Å². The van der Waals surface area contributed by atoms with Crippen molar-refractivity contribution in [3.8, 4) is 11.5 Å². The zero-order valence-corrected chi connectivity index (χ0v) is 26.6. The van der Waals surface area contributed by atoms with Crippen LogP contribution in [0.3, 0.4) is 0 Å². The van der Waals surface area contributed by atoms with Gasteiger partial charge in [0.05, 0.1) is 32.0 Å². The largest absolute Gasteiger partial charge is 0.494 e. The first kappa shape index (κ1) is 37.0. The van der Waals surface area contributed by atoms with E-state index in [0.29, 0.717) is 12.4 Å². The minimum absolute atomic E-state index is 0.226. The Hall–Kier alpha value is -2.42. The molecule has 0 radical (unpaired) electrons. The van der Waals surface area contributed by atoms with E-state index in [9.17, 15) is 50.4 Å². The average Bonchev–Trinajstić information content (AvgIpc) is 2.97. The maximum absolute atomic E-state index is 12.4. The highest BCUT2D eigenvalue weighted by molar-refractivity contribution is 6.76. The van der Waals surface area contributed by atoms with Crippen molar-refractivity contribution in [3.05, 3.63) is 24.3 Å². The highest BCUT2D eigenvalue weighted by atomic mass is 28.3. The molecule has 0 saturated carbocycles. The molecule has 1 aromatic carbocycles. The zero-order chi connectivity index (χ0) is 33.7. The lowest BCUT2D eigenvalue weighted by atomic mass is 9.88. The second-order valence-corrected chi connectivity index (χ2v) is 18.1. The lowest BCUT2D eigenvalue weighted by Gasteiger charge is -2.47. The predicted molar refractivity (Wildman–Crippen MR) is 156 cm³/mol. The number of carbonyl (C=O) groups excluding carboxylic acids is 1. The molecule has 3 rings (SSSR count). The van der Waals surface area contributed by atoms with E-state index in [1.165, 1.54) is 0 Å². The van der Waals surface area contributed by atoms with Crippen LogP contribution in [-0.2, 0) is 23.8 Å². The molecule has 16 nitrogen and oxygen atoms in total. The molecule has 2 aliphatic heterocycles. The SMILES string of the molecule is CC(=O)N[C@H]1[C@H]([C@H](O)[C@H](O)CO)O[C@@](OC[C@H]2O[C@@H](Oc3ccc(OCC[Si](C)(C)C)cc3)[C@H](O)[C@@H](O)[C@H]2O)(C(=O)O)C[C@@H]1O. The normalized spacial score (nSPS) is 33.6. The summed E-state index contributed by atoms with van der Waals surface area (Å²) < 4.78 is 28.2. The Morgan fingerprint density at radius 3 is 2.22 bits per heavy atom. The summed E-state index contributed by atoms with van der Waals surface area (Å²) in [5, 5.41) is 84.6. The van der Waals surface area contributed by atoms with Gasteiger partial charge in [0.2, 0.25) is 12.2 Å². The van der Waals surface area contributed by atoms with E-state index in [1.54, 1.807) is 24.3 Å². The smallest absolute Gasteiger partial charge is 0.364 e. The number of rotatable bonds is 14. The molecule has 0 aliphatic carbocycles. The molecule has 0 bridgehead atoms. The van der Waals surface area contributed by atoms with Gasteiger partial charge in [-0.2, -0.15) is 0 Å². The fourth-order valence-corrected chi connectivity index (χ4v) is 5.58. The summed E-state index contributed by atoms with van der Waals surface area (Å²) in [4.78, 5) is 24.1. The van der Waals surface area contributed by atoms with Crippen LogP contribution < -0.4 is 14.8 Å². The van der Waals surface area contributed by atoms with Crippen LogP contribution in [0, 0.1) is 0 Å². The molecule has 1 amide bonds. The number of aliphatic carboxylic acids is 1. The Balaban J connectivity index is 1.73. The quantitative estimate of drug-likeness (QED) is 0.0954. The second-order valence-electron chi connectivity index (χ2n) is 12.5. The third kappa shape index (κ3) is 9.55. The molecule has 2 saturated heterocycles. The number of benzene rings is 1. The summed E-state index contributed by atoms with van der Waals surface area (Å²) in [6, 6.07) is 5.96. The lowest BCUT2D eigenvalue weighted by molar-refractivity contribution is -0.332. The fraction of sp³-hybridized carbons (Fsp3) is 0.714. The van der Waals surface area contributed by atoms with Gasteiger partial charge < -0.3 is 69.9 Å². The highest BCUT2D eigenvalue weighted by Crippen LogP contribution is 2.35. The maximum atomic E-state index is 12.4. The third-order valence-corrected chi connectivity index (χ3v) is 9.24. The fourth-order valence-electron chi connectivity index (χ4n) is 4.87.